The minimum Gasteiger partial charge on any atom is -0.481 e. The molecule has 1 aromatic heterocycles. The number of hydrogen-bond acceptors (Lipinski definition) is 4. The lowest BCUT2D eigenvalue weighted by molar-refractivity contribution is -0.133. The Labute approximate surface area is 124 Å². The molecule has 0 aliphatic carbocycles. The zero-order valence-corrected chi connectivity index (χ0v) is 13.2. The van der Waals surface area contributed by atoms with Crippen LogP contribution >= 0.6 is 11.8 Å². The van der Waals surface area contributed by atoms with Gasteiger partial charge in [0.25, 0.3) is 0 Å². The summed E-state index contributed by atoms with van der Waals surface area (Å²) in [5, 5.41) is 9.67. The minimum absolute atomic E-state index is 0.0645. The van der Waals surface area contributed by atoms with Gasteiger partial charge in [0.2, 0.25) is 0 Å². The zero-order valence-electron chi connectivity index (χ0n) is 12.4. The lowest BCUT2D eigenvalue weighted by atomic mass is 10.1. The normalized spacial score (nSPS) is 19.9. The highest BCUT2D eigenvalue weighted by molar-refractivity contribution is 7.99. The van der Waals surface area contributed by atoms with Gasteiger partial charge >= 0.3 is 5.97 Å². The van der Waals surface area contributed by atoms with Crippen LogP contribution in [0.3, 0.4) is 0 Å². The fourth-order valence-corrected chi connectivity index (χ4v) is 3.39. The molecular weight excluding hydrogens is 274 g/mol. The molecule has 1 aliphatic heterocycles. The van der Waals surface area contributed by atoms with Crippen LogP contribution in [0.1, 0.15) is 38.3 Å². The first-order valence-electron chi connectivity index (χ1n) is 7.09. The van der Waals surface area contributed by atoms with Crippen molar-refractivity contribution < 1.29 is 9.90 Å². The molecule has 2 rings (SSSR count). The number of carboxylic acid groups (broad SMARTS) is 1. The van der Waals surface area contributed by atoms with Crippen LogP contribution in [0.2, 0.25) is 0 Å². The quantitative estimate of drug-likeness (QED) is 0.816. The lowest BCUT2D eigenvalue weighted by Gasteiger charge is -2.23. The summed E-state index contributed by atoms with van der Waals surface area (Å²) in [4.78, 5) is 17.6. The zero-order chi connectivity index (χ0) is 14.7. The van der Waals surface area contributed by atoms with E-state index < -0.39 is 5.97 Å². The highest BCUT2D eigenvalue weighted by Crippen LogP contribution is 2.26. The molecule has 1 atom stereocenters. The van der Waals surface area contributed by atoms with Crippen LogP contribution in [0.25, 0.3) is 0 Å². The van der Waals surface area contributed by atoms with E-state index in [1.165, 1.54) is 30.3 Å². The number of aliphatic carboxylic acids is 1. The van der Waals surface area contributed by atoms with Crippen LogP contribution in [0.4, 0.5) is 0 Å². The van der Waals surface area contributed by atoms with Gasteiger partial charge in [-0.25, -0.2) is 4.98 Å². The summed E-state index contributed by atoms with van der Waals surface area (Å²) >= 11 is 1.31. The smallest absolute Gasteiger partial charge is 0.313 e. The molecule has 112 valence electrons. The third-order valence-corrected chi connectivity index (χ3v) is 4.81. The van der Waals surface area contributed by atoms with E-state index in [9.17, 15) is 4.79 Å². The van der Waals surface area contributed by atoms with Gasteiger partial charge in [0, 0.05) is 24.5 Å². The van der Waals surface area contributed by atoms with Gasteiger partial charge in [-0.3, -0.25) is 4.79 Å². The van der Waals surface area contributed by atoms with Crippen molar-refractivity contribution in [3.63, 3.8) is 0 Å². The summed E-state index contributed by atoms with van der Waals surface area (Å²) in [5.74, 6) is -0.336. The molecule has 0 saturated carbocycles. The average Bonchev–Trinajstić information content (AvgIpc) is 2.95. The van der Waals surface area contributed by atoms with E-state index in [0.717, 1.165) is 18.2 Å². The molecule has 1 N–H and O–H groups in total. The van der Waals surface area contributed by atoms with E-state index in [0.29, 0.717) is 12.0 Å². The first-order valence-corrected chi connectivity index (χ1v) is 8.08. The van der Waals surface area contributed by atoms with Gasteiger partial charge in [-0.15, -0.1) is 0 Å². The van der Waals surface area contributed by atoms with Crippen LogP contribution in [0, 0.1) is 0 Å². The number of hydrogen-bond donors (Lipinski definition) is 1. The third kappa shape index (κ3) is 3.55. The molecule has 1 aliphatic rings. The molecule has 0 aromatic carbocycles. The Morgan fingerprint density at radius 2 is 2.35 bits per heavy atom. The lowest BCUT2D eigenvalue weighted by Crippen LogP contribution is -2.30. The van der Waals surface area contributed by atoms with Gasteiger partial charge in [-0.2, -0.15) is 0 Å². The molecule has 6 heteroatoms. The summed E-state index contributed by atoms with van der Waals surface area (Å²) in [6, 6.07) is 0.533. The van der Waals surface area contributed by atoms with Gasteiger partial charge in [0.05, 0.1) is 5.75 Å². The number of likely N-dealkylation sites (tertiary alicyclic amines) is 1. The van der Waals surface area contributed by atoms with Gasteiger partial charge in [-0.05, 0) is 32.4 Å². The second kappa shape index (κ2) is 6.63. The highest BCUT2D eigenvalue weighted by Gasteiger charge is 2.24. The Bertz CT molecular complexity index is 473. The molecule has 0 spiro atoms. The maximum Gasteiger partial charge on any atom is 0.313 e. The second-order valence-corrected chi connectivity index (χ2v) is 6.63. The van der Waals surface area contributed by atoms with E-state index in [2.05, 4.69) is 35.3 Å². The highest BCUT2D eigenvalue weighted by atomic mass is 32.2. The molecule has 20 heavy (non-hydrogen) atoms. The first-order chi connectivity index (χ1) is 9.49. The molecule has 0 amide bonds. The fraction of sp³-hybridized carbons (Fsp3) is 0.714. The molecule has 1 unspecified atom stereocenters. The SMILES string of the molecule is CC(C)c1cnc(SCC(=O)O)n1CC1CCCN1C. The monoisotopic (exact) mass is 297 g/mol. The first kappa shape index (κ1) is 15.4. The van der Waals surface area contributed by atoms with Crippen molar-refractivity contribution in [1.29, 1.82) is 0 Å². The van der Waals surface area contributed by atoms with Crippen molar-refractivity contribution in [3.05, 3.63) is 11.9 Å². The van der Waals surface area contributed by atoms with Crippen molar-refractivity contribution >= 4 is 17.7 Å². The molecular formula is C14H23N3O2S. The van der Waals surface area contributed by atoms with E-state index >= 15 is 0 Å². The maximum atomic E-state index is 10.8. The summed E-state index contributed by atoms with van der Waals surface area (Å²) in [6.07, 6.45) is 4.34. The number of imidazole rings is 1. The van der Waals surface area contributed by atoms with Crippen molar-refractivity contribution in [1.82, 2.24) is 14.5 Å². The van der Waals surface area contributed by atoms with Crippen LogP contribution in [0.5, 0.6) is 0 Å². The van der Waals surface area contributed by atoms with Crippen LogP contribution in [-0.4, -0.2) is 50.9 Å². The van der Waals surface area contributed by atoms with E-state index in [1.807, 2.05) is 6.20 Å². The van der Waals surface area contributed by atoms with Crippen molar-refractivity contribution in [2.75, 3.05) is 19.3 Å². The number of rotatable bonds is 6. The Morgan fingerprint density at radius 1 is 1.60 bits per heavy atom. The molecule has 1 fully saturated rings. The summed E-state index contributed by atoms with van der Waals surface area (Å²) in [6.45, 7) is 6.36. The Morgan fingerprint density at radius 3 is 2.90 bits per heavy atom. The number of thioether (sulfide) groups is 1. The van der Waals surface area contributed by atoms with Gasteiger partial charge in [-0.1, -0.05) is 25.6 Å². The van der Waals surface area contributed by atoms with Crippen LogP contribution in [0.15, 0.2) is 11.4 Å². The number of carbonyl (C=O) groups is 1. The van der Waals surface area contributed by atoms with Crippen molar-refractivity contribution in [2.24, 2.45) is 0 Å². The molecule has 0 bridgehead atoms. The second-order valence-electron chi connectivity index (χ2n) is 5.69. The van der Waals surface area contributed by atoms with Gasteiger partial charge in [0.15, 0.2) is 5.16 Å². The largest absolute Gasteiger partial charge is 0.481 e. The summed E-state index contributed by atoms with van der Waals surface area (Å²) < 4.78 is 2.21. The van der Waals surface area contributed by atoms with Gasteiger partial charge in [0.1, 0.15) is 0 Å². The molecule has 5 nitrogen and oxygen atoms in total. The predicted molar refractivity (Wildman–Crippen MR) is 80.3 cm³/mol. The van der Waals surface area contributed by atoms with Crippen molar-refractivity contribution in [2.45, 2.75) is 50.4 Å². The van der Waals surface area contributed by atoms with Crippen molar-refractivity contribution in [3.8, 4) is 0 Å². The molecule has 0 radical (unpaired) electrons. The predicted octanol–water partition coefficient (Wildman–Crippen LogP) is 2.28. The van der Waals surface area contributed by atoms with Crippen LogP contribution in [-0.2, 0) is 11.3 Å². The molecule has 1 aromatic rings. The van der Waals surface area contributed by atoms with Crippen LogP contribution < -0.4 is 0 Å². The fourth-order valence-electron chi connectivity index (χ4n) is 2.68. The van der Waals surface area contributed by atoms with Gasteiger partial charge < -0.3 is 14.6 Å². The number of aromatic nitrogens is 2. The third-order valence-electron chi connectivity index (χ3n) is 3.83. The summed E-state index contributed by atoms with van der Waals surface area (Å²) in [7, 11) is 2.16. The Kier molecular flexibility index (Phi) is 5.10. The summed E-state index contributed by atoms with van der Waals surface area (Å²) in [5.41, 5.74) is 1.19. The molecule has 1 saturated heterocycles. The number of likely N-dealkylation sites (N-methyl/N-ethyl adjacent to an activating group) is 1. The standard InChI is InChI=1S/C14H23N3O2S/c1-10(2)12-7-15-14(20-9-13(18)19)17(12)8-11-5-4-6-16(11)3/h7,10-11H,4-6,8-9H2,1-3H3,(H,18,19). The van der Waals surface area contributed by atoms with E-state index in [4.69, 9.17) is 5.11 Å². The Hall–Kier alpha value is -1.01. The number of nitrogens with zero attached hydrogens (tertiary/aromatic N) is 3. The molecule has 2 heterocycles. The topological polar surface area (TPSA) is 58.4 Å². The maximum absolute atomic E-state index is 10.8. The van der Waals surface area contributed by atoms with E-state index in [-0.39, 0.29) is 5.75 Å². The average molecular weight is 297 g/mol. The van der Waals surface area contributed by atoms with E-state index in [1.54, 1.807) is 0 Å². The minimum atomic E-state index is -0.798. The Balaban J connectivity index is 2.17. The number of carboxylic acids is 1.